The van der Waals surface area contributed by atoms with E-state index in [1.807, 2.05) is 42.2 Å². The number of nitrogens with one attached hydrogen (secondary N) is 1. The van der Waals surface area contributed by atoms with Gasteiger partial charge in [-0.2, -0.15) is 0 Å². The van der Waals surface area contributed by atoms with Crippen LogP contribution in [0.4, 0.5) is 0 Å². The maximum absolute atomic E-state index is 12.1. The van der Waals surface area contributed by atoms with Crippen molar-refractivity contribution in [3.8, 4) is 0 Å². The molecule has 0 spiro atoms. The highest BCUT2D eigenvalue weighted by molar-refractivity contribution is 5.79. The summed E-state index contributed by atoms with van der Waals surface area (Å²) in [5, 5.41) is 2.61. The third-order valence-electron chi connectivity index (χ3n) is 3.31. The number of rotatable bonds is 8. The predicted octanol–water partition coefficient (Wildman–Crippen LogP) is 1.40. The van der Waals surface area contributed by atoms with Gasteiger partial charge in [-0.15, -0.1) is 0 Å². The Morgan fingerprint density at radius 3 is 2.48 bits per heavy atom. The number of amides is 1. The van der Waals surface area contributed by atoms with E-state index >= 15 is 0 Å². The molecule has 0 saturated carbocycles. The summed E-state index contributed by atoms with van der Waals surface area (Å²) in [4.78, 5) is 25.6. The van der Waals surface area contributed by atoms with E-state index in [1.165, 1.54) is 7.11 Å². The second kappa shape index (κ2) is 9.13. The van der Waals surface area contributed by atoms with E-state index < -0.39 is 0 Å². The van der Waals surface area contributed by atoms with Gasteiger partial charge in [-0.3, -0.25) is 14.5 Å². The van der Waals surface area contributed by atoms with Crippen LogP contribution < -0.4 is 5.32 Å². The number of likely N-dealkylation sites (N-methyl/N-ethyl adjacent to an activating group) is 1. The molecule has 0 fully saturated rings. The summed E-state index contributed by atoms with van der Waals surface area (Å²) in [5.41, 5.74) is 0.905. The molecule has 1 unspecified atom stereocenters. The normalized spacial score (nSPS) is 12.0. The number of carbonyl (C=O) groups excluding carboxylic acids is 2. The van der Waals surface area contributed by atoms with Gasteiger partial charge in [0.05, 0.1) is 19.6 Å². The van der Waals surface area contributed by atoms with Gasteiger partial charge in [0.2, 0.25) is 5.91 Å². The lowest BCUT2D eigenvalue weighted by atomic mass is 9.98. The van der Waals surface area contributed by atoms with Crippen LogP contribution in [-0.2, 0) is 14.3 Å². The summed E-state index contributed by atoms with van der Waals surface area (Å²) in [6, 6.07) is 9.52. The monoisotopic (exact) mass is 292 g/mol. The van der Waals surface area contributed by atoms with E-state index in [2.05, 4.69) is 5.32 Å². The predicted molar refractivity (Wildman–Crippen MR) is 82.0 cm³/mol. The van der Waals surface area contributed by atoms with E-state index in [1.54, 1.807) is 7.05 Å². The summed E-state index contributed by atoms with van der Waals surface area (Å²) < 4.78 is 4.91. The molecule has 1 amide bonds. The Morgan fingerprint density at radius 2 is 1.95 bits per heavy atom. The number of hydrogen-bond donors (Lipinski definition) is 1. The van der Waals surface area contributed by atoms with Gasteiger partial charge in [-0.05, 0) is 18.5 Å². The summed E-state index contributed by atoms with van der Waals surface area (Å²) in [5.74, 6) is -0.716. The van der Waals surface area contributed by atoms with Gasteiger partial charge >= 0.3 is 5.97 Å². The maximum atomic E-state index is 12.1. The topological polar surface area (TPSA) is 58.6 Å². The first kappa shape index (κ1) is 17.2. The molecule has 21 heavy (non-hydrogen) atoms. The Balaban J connectivity index is 2.87. The molecule has 1 aromatic rings. The van der Waals surface area contributed by atoms with Gasteiger partial charge in [0.15, 0.2) is 0 Å². The molecule has 5 nitrogen and oxygen atoms in total. The number of methoxy groups -OCH3 is 1. The number of ether oxygens (including phenoxy) is 1. The molecular formula is C16H24N2O3. The quantitative estimate of drug-likeness (QED) is 0.736. The minimum atomic E-state index is -0.382. The van der Waals surface area contributed by atoms with Crippen molar-refractivity contribution in [2.75, 3.05) is 33.8 Å². The Hall–Kier alpha value is -1.88. The Kier molecular flexibility index (Phi) is 7.46. The molecule has 1 rings (SSSR count). The molecule has 0 aliphatic heterocycles. The van der Waals surface area contributed by atoms with Crippen LogP contribution in [0.25, 0.3) is 0 Å². The van der Waals surface area contributed by atoms with Crippen LogP contribution in [-0.4, -0.2) is 50.6 Å². The Labute approximate surface area is 126 Å². The number of nitrogens with zero attached hydrogens (tertiary/aromatic N) is 1. The van der Waals surface area contributed by atoms with E-state index in [0.717, 1.165) is 18.5 Å². The number of carbonyl (C=O) groups is 2. The van der Waals surface area contributed by atoms with Crippen molar-refractivity contribution in [2.24, 2.45) is 0 Å². The van der Waals surface area contributed by atoms with Gasteiger partial charge in [0.1, 0.15) is 0 Å². The van der Waals surface area contributed by atoms with Crippen LogP contribution >= 0.6 is 0 Å². The standard InChI is InChI=1S/C16H24N2O3/c1-4-10-18(12-15(19)17-2)11-14(16(20)21-3)13-8-6-5-7-9-13/h5-9,14H,4,10-12H2,1-3H3,(H,17,19). The molecule has 1 atom stereocenters. The van der Waals surface area contributed by atoms with Gasteiger partial charge in [-0.25, -0.2) is 0 Å². The van der Waals surface area contributed by atoms with E-state index in [4.69, 9.17) is 4.74 Å². The van der Waals surface area contributed by atoms with Crippen LogP contribution in [0.15, 0.2) is 30.3 Å². The lowest BCUT2D eigenvalue weighted by Crippen LogP contribution is -2.40. The third-order valence-corrected chi connectivity index (χ3v) is 3.31. The molecule has 1 aromatic carbocycles. The van der Waals surface area contributed by atoms with E-state index in [9.17, 15) is 9.59 Å². The minimum Gasteiger partial charge on any atom is -0.469 e. The van der Waals surface area contributed by atoms with Gasteiger partial charge in [0, 0.05) is 13.6 Å². The molecule has 1 N–H and O–H groups in total. The minimum absolute atomic E-state index is 0.0554. The van der Waals surface area contributed by atoms with E-state index in [-0.39, 0.29) is 24.3 Å². The first-order valence-corrected chi connectivity index (χ1v) is 7.18. The van der Waals surface area contributed by atoms with Gasteiger partial charge in [-0.1, -0.05) is 37.3 Å². The highest BCUT2D eigenvalue weighted by Gasteiger charge is 2.24. The lowest BCUT2D eigenvalue weighted by Gasteiger charge is -2.25. The Bertz CT molecular complexity index is 448. The van der Waals surface area contributed by atoms with Crippen molar-refractivity contribution in [3.63, 3.8) is 0 Å². The molecule has 0 heterocycles. The molecule has 116 valence electrons. The molecule has 0 aromatic heterocycles. The summed E-state index contributed by atoms with van der Waals surface area (Å²) in [6.07, 6.45) is 0.916. The van der Waals surface area contributed by atoms with Crippen molar-refractivity contribution >= 4 is 11.9 Å². The number of hydrogen-bond acceptors (Lipinski definition) is 4. The molecule has 0 radical (unpaired) electrons. The first-order valence-electron chi connectivity index (χ1n) is 7.18. The molecule has 5 heteroatoms. The largest absolute Gasteiger partial charge is 0.469 e. The van der Waals surface area contributed by atoms with E-state index in [0.29, 0.717) is 6.54 Å². The highest BCUT2D eigenvalue weighted by atomic mass is 16.5. The first-order chi connectivity index (χ1) is 10.1. The zero-order chi connectivity index (χ0) is 15.7. The molecule has 0 aliphatic carbocycles. The van der Waals surface area contributed by atoms with Gasteiger partial charge in [0.25, 0.3) is 0 Å². The van der Waals surface area contributed by atoms with Gasteiger partial charge < -0.3 is 10.1 Å². The summed E-state index contributed by atoms with van der Waals surface area (Å²) >= 11 is 0. The van der Waals surface area contributed by atoms with Crippen LogP contribution in [0, 0.1) is 0 Å². The van der Waals surface area contributed by atoms with Crippen molar-refractivity contribution < 1.29 is 14.3 Å². The summed E-state index contributed by atoms with van der Waals surface area (Å²) in [7, 11) is 3.00. The summed E-state index contributed by atoms with van der Waals surface area (Å²) in [6.45, 7) is 3.56. The zero-order valence-electron chi connectivity index (χ0n) is 13.0. The zero-order valence-corrected chi connectivity index (χ0v) is 13.0. The van der Waals surface area contributed by atoms with Crippen LogP contribution in [0.3, 0.4) is 0 Å². The highest BCUT2D eigenvalue weighted by Crippen LogP contribution is 2.19. The molecule has 0 bridgehead atoms. The fraction of sp³-hybridized carbons (Fsp3) is 0.500. The smallest absolute Gasteiger partial charge is 0.314 e. The number of esters is 1. The second-order valence-corrected chi connectivity index (χ2v) is 4.89. The van der Waals surface area contributed by atoms with Crippen molar-refractivity contribution in [1.82, 2.24) is 10.2 Å². The average Bonchev–Trinajstić information content (AvgIpc) is 2.52. The lowest BCUT2D eigenvalue weighted by molar-refractivity contribution is -0.143. The average molecular weight is 292 g/mol. The third kappa shape index (κ3) is 5.55. The number of benzene rings is 1. The molecular weight excluding hydrogens is 268 g/mol. The van der Waals surface area contributed by atoms with Crippen molar-refractivity contribution in [2.45, 2.75) is 19.3 Å². The van der Waals surface area contributed by atoms with Crippen LogP contribution in [0.2, 0.25) is 0 Å². The van der Waals surface area contributed by atoms with Crippen LogP contribution in [0.1, 0.15) is 24.8 Å². The Morgan fingerprint density at radius 1 is 1.29 bits per heavy atom. The SMILES string of the molecule is CCCN(CC(=O)NC)CC(C(=O)OC)c1ccccc1. The maximum Gasteiger partial charge on any atom is 0.314 e. The van der Waals surface area contributed by atoms with Crippen molar-refractivity contribution in [3.05, 3.63) is 35.9 Å². The second-order valence-electron chi connectivity index (χ2n) is 4.89. The van der Waals surface area contributed by atoms with Crippen LogP contribution in [0.5, 0.6) is 0 Å². The molecule has 0 saturated heterocycles. The van der Waals surface area contributed by atoms with Crippen molar-refractivity contribution in [1.29, 1.82) is 0 Å². The fourth-order valence-corrected chi connectivity index (χ4v) is 2.24. The molecule has 0 aliphatic rings. The fourth-order valence-electron chi connectivity index (χ4n) is 2.24.